The number of hydrogen-bond donors (Lipinski definition) is 1. The van der Waals surface area contributed by atoms with Crippen LogP contribution in [0.1, 0.15) is 5.56 Å². The molecule has 2 aromatic rings. The summed E-state index contributed by atoms with van der Waals surface area (Å²) in [5.74, 6) is 0.361. The summed E-state index contributed by atoms with van der Waals surface area (Å²) >= 11 is 1.71. The molecule has 0 amide bonds. The van der Waals surface area contributed by atoms with Gasteiger partial charge in [0.1, 0.15) is 5.75 Å². The first kappa shape index (κ1) is 8.32. The highest BCUT2D eigenvalue weighted by atomic mass is 32.1. The summed E-state index contributed by atoms with van der Waals surface area (Å²) in [6.07, 6.45) is 0. The van der Waals surface area contributed by atoms with Crippen LogP contribution >= 0.6 is 11.3 Å². The number of rotatable bonds is 1. The Balaban J connectivity index is 2.49. The summed E-state index contributed by atoms with van der Waals surface area (Å²) in [6, 6.07) is 9.79. The molecule has 1 nitrogen and oxygen atoms in total. The quantitative estimate of drug-likeness (QED) is 0.730. The molecule has 0 saturated carbocycles. The van der Waals surface area contributed by atoms with E-state index in [-0.39, 0.29) is 0 Å². The van der Waals surface area contributed by atoms with Gasteiger partial charge in [-0.2, -0.15) is 0 Å². The van der Waals surface area contributed by atoms with E-state index < -0.39 is 0 Å². The molecular weight excluding hydrogens is 180 g/mol. The SMILES string of the molecule is Cc1cc(-c2cccs2)ccc1O. The monoisotopic (exact) mass is 190 g/mol. The molecule has 0 saturated heterocycles. The lowest BCUT2D eigenvalue weighted by molar-refractivity contribution is 0.471. The van der Waals surface area contributed by atoms with Crippen LogP contribution in [0.2, 0.25) is 0 Å². The highest BCUT2D eigenvalue weighted by Crippen LogP contribution is 2.28. The van der Waals surface area contributed by atoms with Crippen molar-refractivity contribution in [2.75, 3.05) is 0 Å². The van der Waals surface area contributed by atoms with Gasteiger partial charge in [0, 0.05) is 4.88 Å². The smallest absolute Gasteiger partial charge is 0.118 e. The predicted octanol–water partition coefficient (Wildman–Crippen LogP) is 3.43. The Morgan fingerprint density at radius 2 is 2.08 bits per heavy atom. The fourth-order valence-electron chi connectivity index (χ4n) is 1.25. The van der Waals surface area contributed by atoms with Crippen molar-refractivity contribution < 1.29 is 5.11 Å². The average Bonchev–Trinajstić information content (AvgIpc) is 2.62. The number of thiophene rings is 1. The van der Waals surface area contributed by atoms with Crippen LogP contribution in [0.3, 0.4) is 0 Å². The van der Waals surface area contributed by atoms with Gasteiger partial charge in [0.2, 0.25) is 0 Å². The Morgan fingerprint density at radius 1 is 1.23 bits per heavy atom. The predicted molar refractivity (Wildman–Crippen MR) is 56.2 cm³/mol. The molecule has 0 aliphatic heterocycles. The Kier molecular flexibility index (Phi) is 2.07. The average molecular weight is 190 g/mol. The molecule has 13 heavy (non-hydrogen) atoms. The van der Waals surface area contributed by atoms with E-state index in [0.29, 0.717) is 5.75 Å². The number of benzene rings is 1. The second-order valence-electron chi connectivity index (χ2n) is 2.98. The molecule has 0 aliphatic carbocycles. The fourth-order valence-corrected chi connectivity index (χ4v) is 1.98. The Labute approximate surface area is 81.3 Å². The molecule has 0 unspecified atom stereocenters. The van der Waals surface area contributed by atoms with Crippen LogP contribution in [0.5, 0.6) is 5.75 Å². The van der Waals surface area contributed by atoms with E-state index >= 15 is 0 Å². The van der Waals surface area contributed by atoms with Crippen molar-refractivity contribution in [3.63, 3.8) is 0 Å². The van der Waals surface area contributed by atoms with E-state index in [2.05, 4.69) is 11.4 Å². The molecule has 0 atom stereocenters. The van der Waals surface area contributed by atoms with Gasteiger partial charge in [0.25, 0.3) is 0 Å². The third kappa shape index (κ3) is 1.58. The lowest BCUT2D eigenvalue weighted by atomic mass is 10.1. The van der Waals surface area contributed by atoms with Crippen molar-refractivity contribution >= 4 is 11.3 Å². The van der Waals surface area contributed by atoms with Crippen LogP contribution in [-0.4, -0.2) is 5.11 Å². The van der Waals surface area contributed by atoms with E-state index in [9.17, 15) is 5.11 Å². The van der Waals surface area contributed by atoms with Gasteiger partial charge in [-0.1, -0.05) is 6.07 Å². The van der Waals surface area contributed by atoms with Gasteiger partial charge >= 0.3 is 0 Å². The van der Waals surface area contributed by atoms with Crippen molar-refractivity contribution in [2.24, 2.45) is 0 Å². The summed E-state index contributed by atoms with van der Waals surface area (Å²) in [5.41, 5.74) is 2.09. The van der Waals surface area contributed by atoms with Crippen LogP contribution in [0.25, 0.3) is 10.4 Å². The number of hydrogen-bond acceptors (Lipinski definition) is 2. The van der Waals surface area contributed by atoms with Gasteiger partial charge in [-0.25, -0.2) is 0 Å². The van der Waals surface area contributed by atoms with Crippen LogP contribution in [0.15, 0.2) is 35.7 Å². The lowest BCUT2D eigenvalue weighted by Crippen LogP contribution is -1.76. The van der Waals surface area contributed by atoms with Crippen LogP contribution < -0.4 is 0 Å². The van der Waals surface area contributed by atoms with E-state index in [1.165, 1.54) is 10.4 Å². The molecule has 2 heteroatoms. The van der Waals surface area contributed by atoms with Crippen LogP contribution in [0.4, 0.5) is 0 Å². The minimum Gasteiger partial charge on any atom is -0.508 e. The molecule has 1 heterocycles. The molecule has 2 rings (SSSR count). The zero-order chi connectivity index (χ0) is 9.26. The van der Waals surface area contributed by atoms with Crippen LogP contribution in [-0.2, 0) is 0 Å². The standard InChI is InChI=1S/C11H10OS/c1-8-7-9(4-5-10(8)12)11-3-2-6-13-11/h2-7,12H,1H3. The molecule has 1 N–H and O–H groups in total. The highest BCUT2D eigenvalue weighted by Gasteiger charge is 2.00. The number of aromatic hydroxyl groups is 1. The van der Waals surface area contributed by atoms with Crippen molar-refractivity contribution in [3.8, 4) is 16.2 Å². The third-order valence-electron chi connectivity index (χ3n) is 2.00. The minimum atomic E-state index is 0.361. The molecule has 0 fully saturated rings. The second-order valence-corrected chi connectivity index (χ2v) is 3.93. The maximum atomic E-state index is 9.34. The highest BCUT2D eigenvalue weighted by molar-refractivity contribution is 7.13. The maximum absolute atomic E-state index is 9.34. The molecule has 66 valence electrons. The Morgan fingerprint density at radius 3 is 2.69 bits per heavy atom. The molecule has 0 aliphatic rings. The van der Waals surface area contributed by atoms with Gasteiger partial charge in [-0.05, 0) is 47.7 Å². The lowest BCUT2D eigenvalue weighted by Gasteiger charge is -2.01. The van der Waals surface area contributed by atoms with Gasteiger partial charge in [0.05, 0.1) is 0 Å². The van der Waals surface area contributed by atoms with Gasteiger partial charge in [-0.15, -0.1) is 11.3 Å². The van der Waals surface area contributed by atoms with E-state index in [1.807, 2.05) is 25.1 Å². The van der Waals surface area contributed by atoms with Gasteiger partial charge in [0.15, 0.2) is 0 Å². The first-order chi connectivity index (χ1) is 6.27. The number of phenols is 1. The summed E-state index contributed by atoms with van der Waals surface area (Å²) in [4.78, 5) is 1.24. The van der Waals surface area contributed by atoms with Crippen molar-refractivity contribution in [1.82, 2.24) is 0 Å². The first-order valence-electron chi connectivity index (χ1n) is 4.11. The zero-order valence-electron chi connectivity index (χ0n) is 7.32. The normalized spacial score (nSPS) is 10.2. The van der Waals surface area contributed by atoms with Crippen molar-refractivity contribution in [3.05, 3.63) is 41.3 Å². The van der Waals surface area contributed by atoms with Gasteiger partial charge in [-0.3, -0.25) is 0 Å². The zero-order valence-corrected chi connectivity index (χ0v) is 8.14. The molecule has 1 aromatic heterocycles. The molecule has 1 aromatic carbocycles. The molecular formula is C11H10OS. The number of aryl methyl sites for hydroxylation is 1. The summed E-state index contributed by atoms with van der Waals surface area (Å²) < 4.78 is 0. The van der Waals surface area contributed by atoms with Gasteiger partial charge < -0.3 is 5.11 Å². The van der Waals surface area contributed by atoms with E-state index in [4.69, 9.17) is 0 Å². The first-order valence-corrected chi connectivity index (χ1v) is 4.99. The van der Waals surface area contributed by atoms with E-state index in [0.717, 1.165) is 5.56 Å². The van der Waals surface area contributed by atoms with Crippen molar-refractivity contribution in [1.29, 1.82) is 0 Å². The largest absolute Gasteiger partial charge is 0.508 e. The molecule has 0 bridgehead atoms. The topological polar surface area (TPSA) is 20.2 Å². The Hall–Kier alpha value is -1.28. The Bertz CT molecular complexity index is 404. The third-order valence-corrected chi connectivity index (χ3v) is 2.92. The molecule has 0 spiro atoms. The summed E-state index contributed by atoms with van der Waals surface area (Å²) in [6.45, 7) is 1.91. The van der Waals surface area contributed by atoms with E-state index in [1.54, 1.807) is 17.4 Å². The maximum Gasteiger partial charge on any atom is 0.118 e. The fraction of sp³-hybridized carbons (Fsp3) is 0.0909. The molecule has 0 radical (unpaired) electrons. The minimum absolute atomic E-state index is 0.361. The second kappa shape index (κ2) is 3.23. The summed E-state index contributed by atoms with van der Waals surface area (Å²) in [7, 11) is 0. The number of phenolic OH excluding ortho intramolecular Hbond substituents is 1. The van der Waals surface area contributed by atoms with Crippen molar-refractivity contribution in [2.45, 2.75) is 6.92 Å². The van der Waals surface area contributed by atoms with Crippen LogP contribution in [0, 0.1) is 6.92 Å². The summed E-state index contributed by atoms with van der Waals surface area (Å²) in [5, 5.41) is 11.4.